The van der Waals surface area contributed by atoms with Crippen LogP contribution in [0.2, 0.25) is 0 Å². The van der Waals surface area contributed by atoms with Crippen molar-refractivity contribution in [1.82, 2.24) is 14.7 Å². The van der Waals surface area contributed by atoms with Crippen molar-refractivity contribution in [3.63, 3.8) is 0 Å². The molecule has 302 valence electrons. The predicted molar refractivity (Wildman–Crippen MR) is 208 cm³/mol. The normalized spacial score (nSPS) is 22.9. The second-order valence-electron chi connectivity index (χ2n) is 16.7. The molecule has 4 fully saturated rings. The van der Waals surface area contributed by atoms with Crippen LogP contribution in [-0.4, -0.2) is 114 Å². The van der Waals surface area contributed by atoms with Crippen LogP contribution >= 0.6 is 0 Å². The van der Waals surface area contributed by atoms with Gasteiger partial charge in [0.2, 0.25) is 9.84 Å². The molecular weight excluding hydrogens is 742 g/mol. The maximum Gasteiger partial charge on any atom is 0.305 e. The highest BCUT2D eigenvalue weighted by Crippen LogP contribution is 2.54. The summed E-state index contributed by atoms with van der Waals surface area (Å²) in [5.41, 5.74) is -0.281. The number of esters is 1. The van der Waals surface area contributed by atoms with E-state index in [-0.39, 0.29) is 69.9 Å². The first-order valence-corrected chi connectivity index (χ1v) is 21.3. The summed E-state index contributed by atoms with van der Waals surface area (Å²) in [5.74, 6) is -1.33. The van der Waals surface area contributed by atoms with Crippen LogP contribution in [0.3, 0.4) is 0 Å². The quantitative estimate of drug-likeness (QED) is 0.185. The predicted octanol–water partition coefficient (Wildman–Crippen LogP) is 6.36. The molecule has 3 aliphatic heterocycles. The van der Waals surface area contributed by atoms with E-state index in [0.29, 0.717) is 12.1 Å². The van der Waals surface area contributed by atoms with Crippen molar-refractivity contribution in [2.24, 2.45) is 17.8 Å². The Morgan fingerprint density at radius 2 is 1.57 bits per heavy atom. The van der Waals surface area contributed by atoms with Gasteiger partial charge in [0.05, 0.1) is 35.6 Å². The molecule has 13 heteroatoms. The minimum absolute atomic E-state index is 0.0279. The van der Waals surface area contributed by atoms with E-state index in [1.54, 1.807) is 18.2 Å². The van der Waals surface area contributed by atoms with E-state index in [0.717, 1.165) is 82.9 Å². The Morgan fingerprint density at radius 3 is 2.18 bits per heavy atom. The van der Waals surface area contributed by atoms with Crippen LogP contribution in [0, 0.1) is 29.4 Å². The van der Waals surface area contributed by atoms with Crippen molar-refractivity contribution < 1.29 is 35.9 Å². The molecule has 0 aromatic heterocycles. The number of hydrogen-bond donors (Lipinski definition) is 0. The number of amides is 1. The maximum absolute atomic E-state index is 16.3. The second-order valence-corrected chi connectivity index (χ2v) is 18.6. The molecule has 0 spiro atoms. The lowest BCUT2D eigenvalue weighted by Gasteiger charge is -2.54. The molecule has 0 radical (unpaired) electrons. The van der Waals surface area contributed by atoms with Gasteiger partial charge in [0.25, 0.3) is 5.91 Å². The van der Waals surface area contributed by atoms with Gasteiger partial charge in [0, 0.05) is 44.7 Å². The number of hydrogen-bond acceptors (Lipinski definition) is 8. The molecule has 9 nitrogen and oxygen atoms in total. The van der Waals surface area contributed by atoms with Crippen molar-refractivity contribution in [3.8, 4) is 0 Å². The number of likely N-dealkylation sites (tertiary alicyclic amines) is 2. The van der Waals surface area contributed by atoms with E-state index in [2.05, 4.69) is 15.9 Å². The zero-order chi connectivity index (χ0) is 39.8. The van der Waals surface area contributed by atoms with Crippen LogP contribution in [0.15, 0.2) is 76.5 Å². The van der Waals surface area contributed by atoms with Crippen molar-refractivity contribution in [3.05, 3.63) is 89.5 Å². The number of halogens is 3. The van der Waals surface area contributed by atoms with Crippen molar-refractivity contribution in [2.45, 2.75) is 65.8 Å². The van der Waals surface area contributed by atoms with Gasteiger partial charge in [-0.1, -0.05) is 18.6 Å². The maximum atomic E-state index is 16.3. The van der Waals surface area contributed by atoms with Gasteiger partial charge in [-0.2, -0.15) is 0 Å². The third kappa shape index (κ3) is 7.96. The number of alkyl halides is 1. The number of benzene rings is 3. The summed E-state index contributed by atoms with van der Waals surface area (Å²) in [5, 5.41) is 0. The van der Waals surface area contributed by atoms with Gasteiger partial charge in [0.15, 0.2) is 5.67 Å². The Balaban J connectivity index is 1.01. The molecule has 1 aliphatic carbocycles. The molecule has 4 aliphatic rings. The lowest BCUT2D eigenvalue weighted by molar-refractivity contribution is -0.142. The molecule has 0 unspecified atom stereocenters. The second kappa shape index (κ2) is 16.1. The molecule has 0 bridgehead atoms. The fourth-order valence-electron chi connectivity index (χ4n) is 10.0. The smallest absolute Gasteiger partial charge is 0.305 e. The molecular formula is C43H53F3N4O5S. The molecule has 3 heterocycles. The Hall–Kier alpha value is -3.94. The molecule has 3 atom stereocenters. The first-order chi connectivity index (χ1) is 26.7. The molecule has 7 rings (SSSR count). The third-order valence-corrected chi connectivity index (χ3v) is 14.7. The van der Waals surface area contributed by atoms with E-state index in [9.17, 15) is 22.4 Å². The number of rotatable bonds is 13. The zero-order valence-corrected chi connectivity index (χ0v) is 33.4. The number of carbonyl (C=O) groups excluding carboxylic acids is 2. The highest BCUT2D eigenvalue weighted by molar-refractivity contribution is 7.91. The fraction of sp³-hybridized carbons (Fsp3) is 0.535. The lowest BCUT2D eigenvalue weighted by Crippen LogP contribution is -2.64. The van der Waals surface area contributed by atoms with Crippen molar-refractivity contribution in [1.29, 1.82) is 0 Å². The minimum Gasteiger partial charge on any atom is -0.469 e. The Bertz CT molecular complexity index is 2010. The summed E-state index contributed by atoms with van der Waals surface area (Å²) < 4.78 is 77.8. The number of anilines is 1. The topological polar surface area (TPSA) is 90.5 Å². The van der Waals surface area contributed by atoms with Crippen LogP contribution in [0.4, 0.5) is 18.9 Å². The fourth-order valence-corrected chi connectivity index (χ4v) is 11.3. The molecule has 3 saturated heterocycles. The van der Waals surface area contributed by atoms with E-state index in [1.807, 2.05) is 11.0 Å². The standard InChI is InChI=1S/C43H53F3N4O5S/c1-47(2)41(52)37-16-15-36(25-39(37)45)56(53,54)35-13-11-34(12-14-35)50-27-42(46,28-50)26-49-21-17-31(18-22-49)43(29-48-19-6-20-48,32-8-5-9-33(44)24-32)38-10-4-7-30(38)23-40(51)55-3/h5,8-9,11-16,24-25,30-31,38H,4,6-7,10,17-23,26-29H2,1-3H3/t30-,38+,43+/m1/s1. The summed E-state index contributed by atoms with van der Waals surface area (Å²) in [7, 11) is 0.354. The summed E-state index contributed by atoms with van der Waals surface area (Å²) >= 11 is 0. The highest BCUT2D eigenvalue weighted by Gasteiger charge is 2.53. The largest absolute Gasteiger partial charge is 0.469 e. The monoisotopic (exact) mass is 794 g/mol. The van der Waals surface area contributed by atoms with E-state index >= 15 is 8.78 Å². The van der Waals surface area contributed by atoms with Crippen LogP contribution < -0.4 is 4.90 Å². The Kier molecular flexibility index (Phi) is 11.6. The highest BCUT2D eigenvalue weighted by atomic mass is 32.2. The summed E-state index contributed by atoms with van der Waals surface area (Å²) in [6.07, 6.45) is 6.15. The zero-order valence-electron chi connectivity index (χ0n) is 32.6. The van der Waals surface area contributed by atoms with E-state index < -0.39 is 27.2 Å². The van der Waals surface area contributed by atoms with Gasteiger partial charge < -0.3 is 19.4 Å². The number of ether oxygens (including phenoxy) is 1. The summed E-state index contributed by atoms with van der Waals surface area (Å²) in [4.78, 5) is 32.3. The molecule has 3 aromatic carbocycles. The van der Waals surface area contributed by atoms with Gasteiger partial charge >= 0.3 is 5.97 Å². The summed E-state index contributed by atoms with van der Waals surface area (Å²) in [6, 6.07) is 16.5. The molecule has 3 aromatic rings. The molecule has 0 N–H and O–H groups in total. The van der Waals surface area contributed by atoms with Crippen LogP contribution in [-0.2, 0) is 24.8 Å². The van der Waals surface area contributed by atoms with Gasteiger partial charge in [-0.25, -0.2) is 21.6 Å². The Labute approximate surface area is 328 Å². The van der Waals surface area contributed by atoms with Crippen LogP contribution in [0.25, 0.3) is 0 Å². The lowest BCUT2D eigenvalue weighted by atomic mass is 9.56. The van der Waals surface area contributed by atoms with Gasteiger partial charge in [-0.15, -0.1) is 0 Å². The van der Waals surface area contributed by atoms with E-state index in [1.165, 1.54) is 56.4 Å². The number of sulfone groups is 1. The molecule has 1 saturated carbocycles. The van der Waals surface area contributed by atoms with E-state index in [4.69, 9.17) is 4.74 Å². The number of methoxy groups -OCH3 is 1. The van der Waals surface area contributed by atoms with Crippen molar-refractivity contribution in [2.75, 3.05) is 78.5 Å². The number of carbonyl (C=O) groups is 2. The van der Waals surface area contributed by atoms with Crippen molar-refractivity contribution >= 4 is 27.4 Å². The molecule has 56 heavy (non-hydrogen) atoms. The average Bonchev–Trinajstić information content (AvgIpc) is 3.61. The van der Waals surface area contributed by atoms with Crippen LogP contribution in [0.5, 0.6) is 0 Å². The van der Waals surface area contributed by atoms with Gasteiger partial charge in [-0.3, -0.25) is 14.5 Å². The number of nitrogens with zero attached hydrogens (tertiary/aromatic N) is 4. The first kappa shape index (κ1) is 40.3. The average molecular weight is 795 g/mol. The van der Waals surface area contributed by atoms with Gasteiger partial charge in [-0.05, 0) is 136 Å². The Morgan fingerprint density at radius 1 is 0.875 bits per heavy atom. The third-order valence-electron chi connectivity index (χ3n) is 12.9. The van der Waals surface area contributed by atoms with Gasteiger partial charge in [0.1, 0.15) is 11.6 Å². The minimum atomic E-state index is -4.06. The van der Waals surface area contributed by atoms with Crippen LogP contribution in [0.1, 0.15) is 60.9 Å². The first-order valence-electron chi connectivity index (χ1n) is 19.8. The number of piperidine rings is 1. The SMILES string of the molecule is COC(=O)C[C@H]1CCC[C@@H]1[C@](CN1CCC1)(c1cccc(F)c1)C1CCN(CC2(F)CN(c3ccc(S(=O)(=O)c4ccc(C(=O)N(C)C)c(F)c4)cc3)C2)CC1. The molecule has 1 amide bonds. The summed E-state index contributed by atoms with van der Waals surface area (Å²) in [6.45, 7) is 4.92.